The molecule has 0 amide bonds. The van der Waals surface area contributed by atoms with Crippen LogP contribution in [0.4, 0.5) is 0 Å². The van der Waals surface area contributed by atoms with Crippen molar-refractivity contribution in [2.24, 2.45) is 17.6 Å². The first-order chi connectivity index (χ1) is 4.86. The maximum absolute atomic E-state index is 5.76. The van der Waals surface area contributed by atoms with E-state index in [9.17, 15) is 0 Å². The van der Waals surface area contributed by atoms with Crippen molar-refractivity contribution in [3.05, 3.63) is 0 Å². The number of hydrogen-bond donors (Lipinski definition) is 1. The average molecular weight is 162 g/mol. The van der Waals surface area contributed by atoms with Crippen LogP contribution in [0.5, 0.6) is 0 Å². The second kappa shape index (κ2) is 4.20. The second-order valence-electron chi connectivity index (χ2n) is 3.29. The summed E-state index contributed by atoms with van der Waals surface area (Å²) in [6, 6.07) is 0. The fourth-order valence-electron chi connectivity index (χ4n) is 1.76. The zero-order valence-electron chi connectivity index (χ0n) is 6.35. The molecule has 1 nitrogen and oxygen atoms in total. The van der Waals surface area contributed by atoms with Crippen molar-refractivity contribution < 1.29 is 0 Å². The molecule has 2 N–H and O–H groups in total. The Kier molecular flexibility index (Phi) is 3.50. The Labute approximate surface area is 67.9 Å². The lowest BCUT2D eigenvalue weighted by Gasteiger charge is -2.26. The van der Waals surface area contributed by atoms with Gasteiger partial charge in [0.1, 0.15) is 0 Å². The predicted octanol–water partition coefficient (Wildman–Crippen LogP) is 1.99. The largest absolute Gasteiger partial charge is 0.330 e. The lowest BCUT2D eigenvalue weighted by Crippen LogP contribution is -2.23. The Balaban J connectivity index is 2.25. The standard InChI is InChI=1S/C8H16ClN/c9-5-7-2-1-3-8(4-7)6-10/h7-8H,1-6,10H2/t7-,8+/m0/s1. The molecular weight excluding hydrogens is 146 g/mol. The van der Waals surface area contributed by atoms with Gasteiger partial charge in [0.05, 0.1) is 0 Å². The molecule has 0 heterocycles. The summed E-state index contributed by atoms with van der Waals surface area (Å²) in [7, 11) is 0. The summed E-state index contributed by atoms with van der Waals surface area (Å²) in [5.74, 6) is 2.35. The molecule has 0 aromatic heterocycles. The van der Waals surface area contributed by atoms with Crippen molar-refractivity contribution in [3.8, 4) is 0 Å². The van der Waals surface area contributed by atoms with Crippen molar-refractivity contribution in [1.29, 1.82) is 0 Å². The Morgan fingerprint density at radius 1 is 1.30 bits per heavy atom. The first kappa shape index (κ1) is 8.35. The van der Waals surface area contributed by atoms with Crippen LogP contribution in [0.15, 0.2) is 0 Å². The molecule has 0 aliphatic heterocycles. The summed E-state index contributed by atoms with van der Waals surface area (Å²) in [4.78, 5) is 0. The van der Waals surface area contributed by atoms with E-state index in [2.05, 4.69) is 0 Å². The van der Waals surface area contributed by atoms with Crippen molar-refractivity contribution in [3.63, 3.8) is 0 Å². The van der Waals surface area contributed by atoms with Crippen LogP contribution in [0.1, 0.15) is 25.7 Å². The molecule has 1 fully saturated rings. The Bertz CT molecular complexity index is 85.3. The van der Waals surface area contributed by atoms with E-state index >= 15 is 0 Å². The van der Waals surface area contributed by atoms with E-state index in [4.69, 9.17) is 17.3 Å². The van der Waals surface area contributed by atoms with E-state index in [1.54, 1.807) is 0 Å². The van der Waals surface area contributed by atoms with Gasteiger partial charge in [-0.1, -0.05) is 6.42 Å². The minimum absolute atomic E-state index is 0.754. The first-order valence-corrected chi connectivity index (χ1v) is 4.66. The van der Waals surface area contributed by atoms with E-state index in [-0.39, 0.29) is 0 Å². The molecule has 0 spiro atoms. The smallest absolute Gasteiger partial charge is 0.0251 e. The van der Waals surface area contributed by atoms with Gasteiger partial charge >= 0.3 is 0 Å². The lowest BCUT2D eigenvalue weighted by atomic mass is 9.82. The van der Waals surface area contributed by atoms with Crippen LogP contribution in [0.2, 0.25) is 0 Å². The molecule has 0 saturated heterocycles. The van der Waals surface area contributed by atoms with Crippen LogP contribution in [0.25, 0.3) is 0 Å². The van der Waals surface area contributed by atoms with E-state index in [0.717, 1.165) is 24.3 Å². The molecule has 0 radical (unpaired) electrons. The van der Waals surface area contributed by atoms with Gasteiger partial charge in [0.2, 0.25) is 0 Å². The van der Waals surface area contributed by atoms with Gasteiger partial charge in [-0.25, -0.2) is 0 Å². The minimum Gasteiger partial charge on any atom is -0.330 e. The Morgan fingerprint density at radius 2 is 2.00 bits per heavy atom. The van der Waals surface area contributed by atoms with Gasteiger partial charge in [0, 0.05) is 5.88 Å². The monoisotopic (exact) mass is 161 g/mol. The van der Waals surface area contributed by atoms with Crippen LogP contribution >= 0.6 is 11.6 Å². The highest BCUT2D eigenvalue weighted by Gasteiger charge is 2.19. The molecule has 1 saturated carbocycles. The minimum atomic E-state index is 0.754. The van der Waals surface area contributed by atoms with Gasteiger partial charge in [-0.3, -0.25) is 0 Å². The second-order valence-corrected chi connectivity index (χ2v) is 3.60. The van der Waals surface area contributed by atoms with E-state index in [0.29, 0.717) is 0 Å². The van der Waals surface area contributed by atoms with Gasteiger partial charge < -0.3 is 5.73 Å². The van der Waals surface area contributed by atoms with Crippen molar-refractivity contribution >= 4 is 11.6 Å². The quantitative estimate of drug-likeness (QED) is 0.616. The Hall–Kier alpha value is 0.250. The Morgan fingerprint density at radius 3 is 2.60 bits per heavy atom. The number of halogens is 1. The number of alkyl halides is 1. The highest BCUT2D eigenvalue weighted by molar-refractivity contribution is 6.18. The normalized spacial score (nSPS) is 34.2. The summed E-state index contributed by atoms with van der Waals surface area (Å²) >= 11 is 5.76. The molecule has 0 bridgehead atoms. The topological polar surface area (TPSA) is 26.0 Å². The van der Waals surface area contributed by atoms with E-state index in [1.165, 1.54) is 25.7 Å². The van der Waals surface area contributed by atoms with Gasteiger partial charge in [0.25, 0.3) is 0 Å². The molecular formula is C8H16ClN. The first-order valence-electron chi connectivity index (χ1n) is 4.12. The number of rotatable bonds is 2. The predicted molar refractivity (Wildman–Crippen MR) is 45.2 cm³/mol. The molecule has 0 aromatic rings. The molecule has 2 atom stereocenters. The summed E-state index contributed by atoms with van der Waals surface area (Å²) in [5, 5.41) is 0. The third kappa shape index (κ3) is 2.14. The van der Waals surface area contributed by atoms with E-state index in [1.807, 2.05) is 0 Å². The molecule has 10 heavy (non-hydrogen) atoms. The molecule has 2 heteroatoms. The molecule has 1 aliphatic rings. The van der Waals surface area contributed by atoms with Crippen LogP contribution in [-0.4, -0.2) is 12.4 Å². The maximum atomic E-state index is 5.76. The molecule has 1 aliphatic carbocycles. The maximum Gasteiger partial charge on any atom is 0.0251 e. The lowest BCUT2D eigenvalue weighted by molar-refractivity contribution is 0.291. The number of hydrogen-bond acceptors (Lipinski definition) is 1. The highest BCUT2D eigenvalue weighted by Crippen LogP contribution is 2.28. The van der Waals surface area contributed by atoms with Crippen LogP contribution in [-0.2, 0) is 0 Å². The van der Waals surface area contributed by atoms with Gasteiger partial charge in [0.15, 0.2) is 0 Å². The highest BCUT2D eigenvalue weighted by atomic mass is 35.5. The molecule has 0 aromatic carbocycles. The van der Waals surface area contributed by atoms with Gasteiger partial charge in [-0.05, 0) is 37.6 Å². The van der Waals surface area contributed by atoms with Crippen molar-refractivity contribution in [1.82, 2.24) is 0 Å². The zero-order chi connectivity index (χ0) is 7.40. The number of nitrogens with two attached hydrogens (primary N) is 1. The zero-order valence-corrected chi connectivity index (χ0v) is 7.11. The third-order valence-electron chi connectivity index (χ3n) is 2.44. The van der Waals surface area contributed by atoms with Crippen LogP contribution < -0.4 is 5.73 Å². The fraction of sp³-hybridized carbons (Fsp3) is 1.00. The average Bonchev–Trinajstić information content (AvgIpc) is 2.05. The SMILES string of the molecule is NC[C@@H]1CCC[C@H](CCl)C1. The fourth-order valence-corrected chi connectivity index (χ4v) is 2.04. The summed E-state index contributed by atoms with van der Waals surface area (Å²) in [5.41, 5.74) is 5.58. The summed E-state index contributed by atoms with van der Waals surface area (Å²) in [6.07, 6.45) is 5.24. The molecule has 1 rings (SSSR count). The van der Waals surface area contributed by atoms with Crippen molar-refractivity contribution in [2.75, 3.05) is 12.4 Å². The third-order valence-corrected chi connectivity index (χ3v) is 2.88. The van der Waals surface area contributed by atoms with Gasteiger partial charge in [-0.2, -0.15) is 0 Å². The summed E-state index contributed by atoms with van der Waals surface area (Å²) < 4.78 is 0. The van der Waals surface area contributed by atoms with Gasteiger partial charge in [-0.15, -0.1) is 11.6 Å². The van der Waals surface area contributed by atoms with E-state index < -0.39 is 0 Å². The molecule has 60 valence electrons. The summed E-state index contributed by atoms with van der Waals surface area (Å²) in [6.45, 7) is 0.855. The van der Waals surface area contributed by atoms with Crippen molar-refractivity contribution in [2.45, 2.75) is 25.7 Å². The van der Waals surface area contributed by atoms with Crippen LogP contribution in [0.3, 0.4) is 0 Å². The molecule has 0 unspecified atom stereocenters. The van der Waals surface area contributed by atoms with Crippen LogP contribution in [0, 0.1) is 11.8 Å².